The van der Waals surface area contributed by atoms with Crippen molar-refractivity contribution >= 4 is 17.1 Å². The number of para-hydroxylation sites is 2. The fourth-order valence-electron chi connectivity index (χ4n) is 2.11. The molecule has 3 N–H and O–H groups in total. The van der Waals surface area contributed by atoms with Crippen LogP contribution in [0, 0.1) is 13.8 Å². The zero-order chi connectivity index (χ0) is 13.1. The largest absolute Gasteiger partial charge is 0.496 e. The van der Waals surface area contributed by atoms with Gasteiger partial charge in [0, 0.05) is 5.69 Å². The van der Waals surface area contributed by atoms with Crippen molar-refractivity contribution in [1.82, 2.24) is 0 Å². The summed E-state index contributed by atoms with van der Waals surface area (Å²) < 4.78 is 5.35. The van der Waals surface area contributed by atoms with Crippen LogP contribution in [0.15, 0.2) is 36.4 Å². The monoisotopic (exact) mass is 242 g/mol. The van der Waals surface area contributed by atoms with Gasteiger partial charge in [0.05, 0.1) is 18.5 Å². The van der Waals surface area contributed by atoms with Crippen LogP contribution in [0.5, 0.6) is 5.75 Å². The molecule has 0 bridgehead atoms. The van der Waals surface area contributed by atoms with Crippen LogP contribution in [0.2, 0.25) is 0 Å². The van der Waals surface area contributed by atoms with Gasteiger partial charge in [-0.3, -0.25) is 0 Å². The van der Waals surface area contributed by atoms with Crippen LogP contribution in [0.3, 0.4) is 0 Å². The minimum absolute atomic E-state index is 0.739. The van der Waals surface area contributed by atoms with Crippen LogP contribution in [-0.4, -0.2) is 7.11 Å². The number of nitrogens with one attached hydrogen (secondary N) is 1. The molecular weight excluding hydrogens is 224 g/mol. The molecule has 0 amide bonds. The van der Waals surface area contributed by atoms with Crippen LogP contribution < -0.4 is 15.8 Å². The Hall–Kier alpha value is -2.16. The Bertz CT molecular complexity index is 541. The molecule has 2 rings (SSSR count). The van der Waals surface area contributed by atoms with Crippen molar-refractivity contribution in [2.24, 2.45) is 0 Å². The van der Waals surface area contributed by atoms with Gasteiger partial charge in [-0.1, -0.05) is 12.1 Å². The first kappa shape index (κ1) is 12.3. The maximum atomic E-state index is 5.91. The number of ether oxygens (including phenoxy) is 1. The van der Waals surface area contributed by atoms with Crippen molar-refractivity contribution in [2.75, 3.05) is 18.2 Å². The lowest BCUT2D eigenvalue weighted by Crippen LogP contribution is -1.98. The van der Waals surface area contributed by atoms with E-state index in [2.05, 4.69) is 17.4 Å². The first-order chi connectivity index (χ1) is 8.61. The first-order valence-electron chi connectivity index (χ1n) is 5.88. The molecule has 2 aromatic rings. The van der Waals surface area contributed by atoms with Gasteiger partial charge < -0.3 is 15.8 Å². The molecule has 0 fully saturated rings. The molecule has 0 unspecified atom stereocenters. The molecule has 3 nitrogen and oxygen atoms in total. The highest BCUT2D eigenvalue weighted by Gasteiger charge is 2.06. The lowest BCUT2D eigenvalue weighted by molar-refractivity contribution is 0.408. The summed E-state index contributed by atoms with van der Waals surface area (Å²) in [6.45, 7) is 4.07. The average Bonchev–Trinajstić information content (AvgIpc) is 2.32. The molecule has 0 aliphatic rings. The molecule has 0 aromatic heterocycles. The number of hydrogen-bond acceptors (Lipinski definition) is 3. The molecule has 3 heteroatoms. The van der Waals surface area contributed by atoms with Crippen LogP contribution in [0.4, 0.5) is 17.1 Å². The number of anilines is 3. The molecule has 0 saturated heterocycles. The first-order valence-corrected chi connectivity index (χ1v) is 5.88. The number of hydrogen-bond donors (Lipinski definition) is 2. The molecule has 0 atom stereocenters. The number of benzene rings is 2. The second-order valence-corrected chi connectivity index (χ2v) is 4.36. The number of methoxy groups -OCH3 is 1. The number of nitrogens with two attached hydrogens (primary N) is 1. The maximum Gasteiger partial charge on any atom is 0.124 e. The third kappa shape index (κ3) is 2.40. The fraction of sp³-hybridized carbons (Fsp3) is 0.200. The molecule has 0 spiro atoms. The molecule has 0 aliphatic heterocycles. The van der Waals surface area contributed by atoms with Gasteiger partial charge in [-0.25, -0.2) is 0 Å². The summed E-state index contributed by atoms with van der Waals surface area (Å²) >= 11 is 0. The van der Waals surface area contributed by atoms with E-state index in [1.807, 2.05) is 38.1 Å². The minimum atomic E-state index is 0.739. The fourth-order valence-corrected chi connectivity index (χ4v) is 2.11. The Morgan fingerprint density at radius 2 is 1.67 bits per heavy atom. The van der Waals surface area contributed by atoms with Crippen LogP contribution >= 0.6 is 0 Å². The highest BCUT2D eigenvalue weighted by Crippen LogP contribution is 2.29. The minimum Gasteiger partial charge on any atom is -0.496 e. The lowest BCUT2D eigenvalue weighted by atomic mass is 10.1. The number of rotatable bonds is 3. The van der Waals surface area contributed by atoms with Gasteiger partial charge in [0.25, 0.3) is 0 Å². The maximum absolute atomic E-state index is 5.91. The molecule has 18 heavy (non-hydrogen) atoms. The normalized spacial score (nSPS) is 10.2. The summed E-state index contributed by atoms with van der Waals surface area (Å²) in [4.78, 5) is 0. The van der Waals surface area contributed by atoms with Crippen molar-refractivity contribution in [3.05, 3.63) is 47.5 Å². The van der Waals surface area contributed by atoms with Gasteiger partial charge >= 0.3 is 0 Å². The summed E-state index contributed by atoms with van der Waals surface area (Å²) in [5.74, 6) is 0.932. The molecule has 94 valence electrons. The zero-order valence-corrected chi connectivity index (χ0v) is 10.9. The summed E-state index contributed by atoms with van der Waals surface area (Å²) in [5.41, 5.74) is 10.8. The van der Waals surface area contributed by atoms with E-state index in [1.54, 1.807) is 7.11 Å². The topological polar surface area (TPSA) is 47.3 Å². The predicted octanol–water partition coefficient (Wildman–Crippen LogP) is 3.64. The van der Waals surface area contributed by atoms with Gasteiger partial charge in [-0.2, -0.15) is 0 Å². The van der Waals surface area contributed by atoms with E-state index in [9.17, 15) is 0 Å². The Labute approximate surface area is 108 Å². The summed E-state index contributed by atoms with van der Waals surface area (Å²) in [6, 6.07) is 11.8. The standard InChI is InChI=1S/C15H18N2O/c1-10-8-12(9-11(2)15(10)18-3)17-14-7-5-4-6-13(14)16/h4-9,17H,16H2,1-3H3. The molecule has 0 radical (unpaired) electrons. The van der Waals surface area contributed by atoms with Crippen LogP contribution in [0.1, 0.15) is 11.1 Å². The summed E-state index contributed by atoms with van der Waals surface area (Å²) in [7, 11) is 1.69. The molecule has 0 aliphatic carbocycles. The third-order valence-electron chi connectivity index (χ3n) is 2.90. The predicted molar refractivity (Wildman–Crippen MR) is 76.6 cm³/mol. The SMILES string of the molecule is COc1c(C)cc(Nc2ccccc2N)cc1C. The molecule has 0 saturated carbocycles. The van der Waals surface area contributed by atoms with Gasteiger partial charge in [-0.15, -0.1) is 0 Å². The van der Waals surface area contributed by atoms with Gasteiger partial charge in [-0.05, 0) is 49.2 Å². The number of aryl methyl sites for hydroxylation is 2. The van der Waals surface area contributed by atoms with Crippen molar-refractivity contribution in [3.63, 3.8) is 0 Å². The van der Waals surface area contributed by atoms with E-state index < -0.39 is 0 Å². The molecular formula is C15H18N2O. The lowest BCUT2D eigenvalue weighted by Gasteiger charge is -2.14. The van der Waals surface area contributed by atoms with Crippen LogP contribution in [-0.2, 0) is 0 Å². The van der Waals surface area contributed by atoms with Crippen molar-refractivity contribution < 1.29 is 4.74 Å². The Balaban J connectivity index is 2.34. The second-order valence-electron chi connectivity index (χ2n) is 4.36. The van der Waals surface area contributed by atoms with E-state index in [1.165, 1.54) is 0 Å². The summed E-state index contributed by atoms with van der Waals surface area (Å²) in [6.07, 6.45) is 0. The highest BCUT2D eigenvalue weighted by atomic mass is 16.5. The van der Waals surface area contributed by atoms with Crippen molar-refractivity contribution in [1.29, 1.82) is 0 Å². The Morgan fingerprint density at radius 3 is 2.22 bits per heavy atom. The third-order valence-corrected chi connectivity index (χ3v) is 2.90. The van der Waals surface area contributed by atoms with Crippen LogP contribution in [0.25, 0.3) is 0 Å². The highest BCUT2D eigenvalue weighted by molar-refractivity contribution is 5.73. The van der Waals surface area contributed by atoms with E-state index in [4.69, 9.17) is 10.5 Å². The van der Waals surface area contributed by atoms with E-state index >= 15 is 0 Å². The van der Waals surface area contributed by atoms with Crippen molar-refractivity contribution in [2.45, 2.75) is 13.8 Å². The molecule has 2 aromatic carbocycles. The summed E-state index contributed by atoms with van der Waals surface area (Å²) in [5, 5.41) is 3.32. The molecule has 0 heterocycles. The average molecular weight is 242 g/mol. The van der Waals surface area contributed by atoms with Gasteiger partial charge in [0.15, 0.2) is 0 Å². The van der Waals surface area contributed by atoms with Crippen molar-refractivity contribution in [3.8, 4) is 5.75 Å². The number of nitrogen functional groups attached to an aromatic ring is 1. The Kier molecular flexibility index (Phi) is 3.42. The zero-order valence-electron chi connectivity index (χ0n) is 10.9. The van der Waals surface area contributed by atoms with E-state index in [0.29, 0.717) is 0 Å². The van der Waals surface area contributed by atoms with E-state index in [-0.39, 0.29) is 0 Å². The van der Waals surface area contributed by atoms with Gasteiger partial charge in [0.1, 0.15) is 5.75 Å². The smallest absolute Gasteiger partial charge is 0.124 e. The quantitative estimate of drug-likeness (QED) is 0.808. The van der Waals surface area contributed by atoms with E-state index in [0.717, 1.165) is 33.9 Å². The second kappa shape index (κ2) is 5.00. The van der Waals surface area contributed by atoms with Gasteiger partial charge in [0.2, 0.25) is 0 Å². The Morgan fingerprint density at radius 1 is 1.06 bits per heavy atom.